The molecule has 6 nitrogen and oxygen atoms in total. The summed E-state index contributed by atoms with van der Waals surface area (Å²) in [6.07, 6.45) is 11.5. The van der Waals surface area contributed by atoms with Crippen molar-refractivity contribution in [3.8, 4) is 11.5 Å². The van der Waals surface area contributed by atoms with Crippen molar-refractivity contribution in [2.45, 2.75) is 53.4 Å². The molecule has 0 saturated heterocycles. The highest BCUT2D eigenvalue weighted by atomic mass is 16.5. The van der Waals surface area contributed by atoms with Crippen LogP contribution in [-0.2, 0) is 22.4 Å². The Hall–Kier alpha value is -3.67. The Morgan fingerprint density at radius 2 is 1.82 bits per heavy atom. The molecule has 3 rings (SSSR count). The van der Waals surface area contributed by atoms with Gasteiger partial charge in [-0.15, -0.1) is 0 Å². The molecule has 0 radical (unpaired) electrons. The van der Waals surface area contributed by atoms with E-state index in [9.17, 15) is 14.4 Å². The molecule has 2 aromatic rings. The van der Waals surface area contributed by atoms with Crippen molar-refractivity contribution in [1.82, 2.24) is 0 Å². The number of allylic oxidation sites excluding steroid dienone is 5. The van der Waals surface area contributed by atoms with Crippen LogP contribution >= 0.6 is 0 Å². The van der Waals surface area contributed by atoms with Crippen molar-refractivity contribution in [2.75, 3.05) is 0 Å². The van der Waals surface area contributed by atoms with Crippen molar-refractivity contribution >= 4 is 23.8 Å². The number of benzene rings is 1. The van der Waals surface area contributed by atoms with Gasteiger partial charge in [-0.05, 0) is 69.9 Å². The molecule has 1 aromatic carbocycles. The first kappa shape index (κ1) is 24.0. The molecule has 0 spiro atoms. The SMILES string of the molecule is CC(=O)Oc1cc(C(=O)/C=C/c2ccco2)c(OC(C)=O)c2c1CC(CCC=C(C)C)=CC2. The summed E-state index contributed by atoms with van der Waals surface area (Å²) >= 11 is 0. The molecule has 33 heavy (non-hydrogen) atoms. The number of ether oxygens (including phenoxy) is 2. The standard InChI is InChI=1S/C27H28O6/c1-17(2)7-5-8-20-10-12-22-23(15-20)26(32-18(3)28)16-24(27(22)33-19(4)29)25(30)13-11-21-9-6-14-31-21/h6-7,9-11,13-14,16H,5,8,12,15H2,1-4H3/b13-11+. The van der Waals surface area contributed by atoms with E-state index in [1.165, 1.54) is 49.5 Å². The predicted molar refractivity (Wildman–Crippen MR) is 125 cm³/mol. The molecule has 1 heterocycles. The molecule has 0 aliphatic heterocycles. The fourth-order valence-electron chi connectivity index (χ4n) is 3.75. The summed E-state index contributed by atoms with van der Waals surface area (Å²) in [5.41, 5.74) is 4.08. The third kappa shape index (κ3) is 6.42. The molecule has 0 bridgehead atoms. The van der Waals surface area contributed by atoms with Gasteiger partial charge in [0.2, 0.25) is 0 Å². The van der Waals surface area contributed by atoms with E-state index in [4.69, 9.17) is 13.9 Å². The molecule has 0 fully saturated rings. The Morgan fingerprint density at radius 3 is 2.45 bits per heavy atom. The number of rotatable bonds is 8. The molecule has 1 aliphatic rings. The Morgan fingerprint density at radius 1 is 1.06 bits per heavy atom. The maximum atomic E-state index is 13.1. The van der Waals surface area contributed by atoms with Gasteiger partial charge in [-0.1, -0.05) is 23.3 Å². The van der Waals surface area contributed by atoms with Crippen LogP contribution in [0.25, 0.3) is 6.08 Å². The van der Waals surface area contributed by atoms with E-state index >= 15 is 0 Å². The lowest BCUT2D eigenvalue weighted by Gasteiger charge is -2.24. The normalized spacial score (nSPS) is 12.7. The van der Waals surface area contributed by atoms with Gasteiger partial charge in [-0.3, -0.25) is 14.4 Å². The van der Waals surface area contributed by atoms with E-state index in [-0.39, 0.29) is 11.3 Å². The molecule has 0 N–H and O–H groups in total. The first-order valence-electron chi connectivity index (χ1n) is 10.9. The van der Waals surface area contributed by atoms with Crippen molar-refractivity contribution in [3.05, 3.63) is 76.3 Å². The second kappa shape index (κ2) is 10.8. The van der Waals surface area contributed by atoms with Crippen molar-refractivity contribution in [1.29, 1.82) is 0 Å². The van der Waals surface area contributed by atoms with Crippen LogP contribution in [0.3, 0.4) is 0 Å². The average Bonchev–Trinajstić information content (AvgIpc) is 3.26. The first-order valence-corrected chi connectivity index (χ1v) is 10.9. The summed E-state index contributed by atoms with van der Waals surface area (Å²) in [5.74, 6) is -0.364. The third-order valence-electron chi connectivity index (χ3n) is 5.18. The monoisotopic (exact) mass is 448 g/mol. The van der Waals surface area contributed by atoms with Crippen molar-refractivity contribution < 1.29 is 28.3 Å². The lowest BCUT2D eigenvalue weighted by atomic mass is 9.86. The van der Waals surface area contributed by atoms with E-state index in [1.54, 1.807) is 12.1 Å². The zero-order valence-electron chi connectivity index (χ0n) is 19.4. The molecular formula is C27H28O6. The number of ketones is 1. The summed E-state index contributed by atoms with van der Waals surface area (Å²) in [4.78, 5) is 36.7. The zero-order chi connectivity index (χ0) is 24.0. The summed E-state index contributed by atoms with van der Waals surface area (Å²) in [6, 6.07) is 4.93. The highest BCUT2D eigenvalue weighted by molar-refractivity contribution is 6.09. The third-order valence-corrected chi connectivity index (χ3v) is 5.18. The smallest absolute Gasteiger partial charge is 0.308 e. The largest absolute Gasteiger partial charge is 0.465 e. The van der Waals surface area contributed by atoms with Crippen LogP contribution in [0.1, 0.15) is 67.8 Å². The predicted octanol–water partition coefficient (Wildman–Crippen LogP) is 5.80. The highest BCUT2D eigenvalue weighted by Crippen LogP contribution is 2.40. The van der Waals surface area contributed by atoms with Gasteiger partial charge in [-0.2, -0.15) is 0 Å². The van der Waals surface area contributed by atoms with E-state index in [0.29, 0.717) is 29.9 Å². The molecule has 0 atom stereocenters. The van der Waals surface area contributed by atoms with Gasteiger partial charge in [0.05, 0.1) is 11.8 Å². The topological polar surface area (TPSA) is 82.8 Å². The van der Waals surface area contributed by atoms with E-state index in [1.807, 2.05) is 0 Å². The Bertz CT molecular complexity index is 1140. The van der Waals surface area contributed by atoms with Gasteiger partial charge >= 0.3 is 11.9 Å². The molecule has 1 aliphatic carbocycles. The fraction of sp³-hybridized carbons (Fsp3) is 0.296. The average molecular weight is 449 g/mol. The number of fused-ring (bicyclic) bond motifs is 1. The summed E-state index contributed by atoms with van der Waals surface area (Å²) < 4.78 is 16.2. The quantitative estimate of drug-likeness (QED) is 0.167. The summed E-state index contributed by atoms with van der Waals surface area (Å²) in [6.45, 7) is 6.74. The zero-order valence-corrected chi connectivity index (χ0v) is 19.4. The number of hydrogen-bond acceptors (Lipinski definition) is 6. The number of carbonyl (C=O) groups is 3. The van der Waals surface area contributed by atoms with Gasteiger partial charge in [0.25, 0.3) is 0 Å². The lowest BCUT2D eigenvalue weighted by Crippen LogP contribution is -2.16. The maximum absolute atomic E-state index is 13.1. The maximum Gasteiger partial charge on any atom is 0.308 e. The number of carbonyl (C=O) groups excluding carboxylic acids is 3. The number of hydrogen-bond donors (Lipinski definition) is 0. The number of furan rings is 1. The minimum Gasteiger partial charge on any atom is -0.465 e. The van der Waals surface area contributed by atoms with E-state index in [0.717, 1.165) is 18.4 Å². The molecular weight excluding hydrogens is 420 g/mol. The van der Waals surface area contributed by atoms with Crippen molar-refractivity contribution in [2.24, 2.45) is 0 Å². The van der Waals surface area contributed by atoms with Gasteiger partial charge < -0.3 is 13.9 Å². The van der Waals surface area contributed by atoms with Crippen LogP contribution in [0.4, 0.5) is 0 Å². The Kier molecular flexibility index (Phi) is 7.83. The molecule has 6 heteroatoms. The molecule has 0 unspecified atom stereocenters. The lowest BCUT2D eigenvalue weighted by molar-refractivity contribution is -0.133. The minimum absolute atomic E-state index is 0.157. The van der Waals surface area contributed by atoms with E-state index in [2.05, 4.69) is 26.0 Å². The van der Waals surface area contributed by atoms with Crippen LogP contribution in [-0.4, -0.2) is 17.7 Å². The second-order valence-corrected chi connectivity index (χ2v) is 8.17. The van der Waals surface area contributed by atoms with Crippen molar-refractivity contribution in [3.63, 3.8) is 0 Å². The Balaban J connectivity index is 2.04. The number of esters is 2. The second-order valence-electron chi connectivity index (χ2n) is 8.17. The first-order chi connectivity index (χ1) is 15.7. The van der Waals surface area contributed by atoms with Crippen LogP contribution < -0.4 is 9.47 Å². The van der Waals surface area contributed by atoms with Crippen LogP contribution in [0.5, 0.6) is 11.5 Å². The minimum atomic E-state index is -0.528. The Labute approximate surface area is 193 Å². The summed E-state index contributed by atoms with van der Waals surface area (Å²) in [5, 5.41) is 0. The van der Waals surface area contributed by atoms with Gasteiger partial charge in [0.1, 0.15) is 17.3 Å². The molecule has 1 aromatic heterocycles. The van der Waals surface area contributed by atoms with Crippen LogP contribution in [0.15, 0.2) is 58.3 Å². The molecule has 172 valence electrons. The molecule has 0 saturated carbocycles. The van der Waals surface area contributed by atoms with E-state index < -0.39 is 17.7 Å². The van der Waals surface area contributed by atoms with Crippen LogP contribution in [0, 0.1) is 0 Å². The highest BCUT2D eigenvalue weighted by Gasteiger charge is 2.27. The molecule has 0 amide bonds. The van der Waals surface area contributed by atoms with Gasteiger partial charge in [0.15, 0.2) is 5.78 Å². The van der Waals surface area contributed by atoms with Crippen LogP contribution in [0.2, 0.25) is 0 Å². The summed E-state index contributed by atoms with van der Waals surface area (Å²) in [7, 11) is 0. The van der Waals surface area contributed by atoms with Gasteiger partial charge in [-0.25, -0.2) is 0 Å². The fourth-order valence-corrected chi connectivity index (χ4v) is 3.75. The van der Waals surface area contributed by atoms with Gasteiger partial charge in [0, 0.05) is 25.0 Å².